The van der Waals surface area contributed by atoms with Crippen LogP contribution < -0.4 is 5.32 Å². The molecule has 1 aliphatic rings. The van der Waals surface area contributed by atoms with Crippen LogP contribution in [0.4, 0.5) is 5.69 Å². The van der Waals surface area contributed by atoms with Crippen LogP contribution in [0.25, 0.3) is 0 Å². The standard InChI is InChI=1S/C20H19ClN2O4/c21-17-12-15(6-7-16(17)20(26)27)22-18(24)13-8-10-23(11-9-13)19(25)14-4-2-1-3-5-14/h1-7,12-13H,8-11H2,(H,22,24)(H,26,27). The van der Waals surface area contributed by atoms with E-state index in [9.17, 15) is 14.4 Å². The first-order valence-electron chi connectivity index (χ1n) is 8.63. The lowest BCUT2D eigenvalue weighted by atomic mass is 9.95. The van der Waals surface area contributed by atoms with E-state index >= 15 is 0 Å². The number of nitrogens with one attached hydrogen (secondary N) is 1. The Bertz CT molecular complexity index is 862. The number of anilines is 1. The number of aromatic carboxylic acids is 1. The van der Waals surface area contributed by atoms with Crippen molar-refractivity contribution in [3.8, 4) is 0 Å². The molecule has 2 aromatic carbocycles. The second-order valence-corrected chi connectivity index (χ2v) is 6.83. The van der Waals surface area contributed by atoms with E-state index in [1.165, 1.54) is 18.2 Å². The van der Waals surface area contributed by atoms with Crippen molar-refractivity contribution < 1.29 is 19.5 Å². The Morgan fingerprint density at radius 3 is 2.30 bits per heavy atom. The molecular formula is C20H19ClN2O4. The topological polar surface area (TPSA) is 86.7 Å². The molecule has 0 saturated carbocycles. The molecule has 2 aromatic rings. The van der Waals surface area contributed by atoms with E-state index in [0.29, 0.717) is 37.2 Å². The molecule has 0 radical (unpaired) electrons. The molecule has 0 bridgehead atoms. The number of carbonyl (C=O) groups excluding carboxylic acids is 2. The Balaban J connectivity index is 1.56. The zero-order valence-corrected chi connectivity index (χ0v) is 15.3. The Labute approximate surface area is 161 Å². The molecule has 1 saturated heterocycles. The Kier molecular flexibility index (Phi) is 5.76. The summed E-state index contributed by atoms with van der Waals surface area (Å²) in [6.07, 6.45) is 1.15. The predicted octanol–water partition coefficient (Wildman–Crippen LogP) is 3.53. The number of likely N-dealkylation sites (tertiary alicyclic amines) is 1. The van der Waals surface area contributed by atoms with E-state index in [1.807, 2.05) is 18.2 Å². The summed E-state index contributed by atoms with van der Waals surface area (Å²) in [6.45, 7) is 1.04. The van der Waals surface area contributed by atoms with E-state index < -0.39 is 5.97 Å². The fourth-order valence-electron chi connectivity index (χ4n) is 3.12. The molecule has 27 heavy (non-hydrogen) atoms. The SMILES string of the molecule is O=C(O)c1ccc(NC(=O)C2CCN(C(=O)c3ccccc3)CC2)cc1Cl. The van der Waals surface area contributed by atoms with Crippen molar-refractivity contribution >= 4 is 35.1 Å². The molecular weight excluding hydrogens is 368 g/mol. The minimum Gasteiger partial charge on any atom is -0.478 e. The average molecular weight is 387 g/mol. The summed E-state index contributed by atoms with van der Waals surface area (Å²) >= 11 is 5.93. The van der Waals surface area contributed by atoms with Crippen LogP contribution in [0.5, 0.6) is 0 Å². The van der Waals surface area contributed by atoms with E-state index in [2.05, 4.69) is 5.32 Å². The van der Waals surface area contributed by atoms with Gasteiger partial charge in [0.25, 0.3) is 5.91 Å². The third-order valence-corrected chi connectivity index (χ3v) is 4.95. The van der Waals surface area contributed by atoms with E-state index in [-0.39, 0.29) is 28.3 Å². The summed E-state index contributed by atoms with van der Waals surface area (Å²) in [4.78, 5) is 37.7. The zero-order valence-electron chi connectivity index (χ0n) is 14.5. The maximum absolute atomic E-state index is 12.5. The van der Waals surface area contributed by atoms with Crippen molar-refractivity contribution in [2.75, 3.05) is 18.4 Å². The van der Waals surface area contributed by atoms with Crippen molar-refractivity contribution in [2.24, 2.45) is 5.92 Å². The van der Waals surface area contributed by atoms with Gasteiger partial charge in [-0.3, -0.25) is 9.59 Å². The summed E-state index contributed by atoms with van der Waals surface area (Å²) in [6, 6.07) is 13.4. The highest BCUT2D eigenvalue weighted by Gasteiger charge is 2.28. The van der Waals surface area contributed by atoms with Crippen LogP contribution in [0.3, 0.4) is 0 Å². The summed E-state index contributed by atoms with van der Waals surface area (Å²) in [5.41, 5.74) is 1.09. The number of piperidine rings is 1. The van der Waals surface area contributed by atoms with Crippen molar-refractivity contribution in [1.82, 2.24) is 4.90 Å². The van der Waals surface area contributed by atoms with Crippen LogP contribution in [-0.2, 0) is 4.79 Å². The van der Waals surface area contributed by atoms with Gasteiger partial charge in [-0.25, -0.2) is 4.79 Å². The first kappa shape index (κ1) is 18.9. The van der Waals surface area contributed by atoms with Crippen molar-refractivity contribution in [3.63, 3.8) is 0 Å². The van der Waals surface area contributed by atoms with E-state index in [4.69, 9.17) is 16.7 Å². The molecule has 0 spiro atoms. The molecule has 140 valence electrons. The quantitative estimate of drug-likeness (QED) is 0.841. The molecule has 1 aliphatic heterocycles. The smallest absolute Gasteiger partial charge is 0.337 e. The van der Waals surface area contributed by atoms with Crippen LogP contribution in [0.2, 0.25) is 5.02 Å². The highest BCUT2D eigenvalue weighted by molar-refractivity contribution is 6.33. The van der Waals surface area contributed by atoms with Gasteiger partial charge in [-0.05, 0) is 43.2 Å². The third kappa shape index (κ3) is 4.46. The van der Waals surface area contributed by atoms with E-state index in [1.54, 1.807) is 17.0 Å². The van der Waals surface area contributed by atoms with Gasteiger partial charge in [-0.2, -0.15) is 0 Å². The van der Waals surface area contributed by atoms with E-state index in [0.717, 1.165) is 0 Å². The number of hydrogen-bond acceptors (Lipinski definition) is 3. The third-order valence-electron chi connectivity index (χ3n) is 4.64. The number of nitrogens with zero attached hydrogens (tertiary/aromatic N) is 1. The van der Waals surface area contributed by atoms with Crippen LogP contribution in [0, 0.1) is 5.92 Å². The molecule has 0 atom stereocenters. The first-order chi connectivity index (χ1) is 13.0. The second kappa shape index (κ2) is 8.22. The number of amides is 2. The summed E-state index contributed by atoms with van der Waals surface area (Å²) in [5.74, 6) is -1.50. The summed E-state index contributed by atoms with van der Waals surface area (Å²) in [5, 5.41) is 11.8. The molecule has 7 heteroatoms. The molecule has 0 unspecified atom stereocenters. The van der Waals surface area contributed by atoms with Gasteiger partial charge in [0.2, 0.25) is 5.91 Å². The minimum atomic E-state index is -1.12. The molecule has 3 rings (SSSR count). The maximum atomic E-state index is 12.5. The Hall–Kier alpha value is -2.86. The van der Waals surface area contributed by atoms with Gasteiger partial charge >= 0.3 is 5.97 Å². The fraction of sp³-hybridized carbons (Fsp3) is 0.250. The average Bonchev–Trinajstić information content (AvgIpc) is 2.68. The van der Waals surface area contributed by atoms with Gasteiger partial charge in [0.1, 0.15) is 0 Å². The molecule has 6 nitrogen and oxygen atoms in total. The lowest BCUT2D eigenvalue weighted by Gasteiger charge is -2.31. The maximum Gasteiger partial charge on any atom is 0.337 e. The normalized spacial score (nSPS) is 14.6. The van der Waals surface area contributed by atoms with Crippen LogP contribution in [0.1, 0.15) is 33.6 Å². The molecule has 0 aromatic heterocycles. The monoisotopic (exact) mass is 386 g/mol. The number of hydrogen-bond donors (Lipinski definition) is 2. The second-order valence-electron chi connectivity index (χ2n) is 6.42. The molecule has 1 fully saturated rings. The number of halogens is 1. The predicted molar refractivity (Wildman–Crippen MR) is 102 cm³/mol. The minimum absolute atomic E-state index is 0.0117. The molecule has 1 heterocycles. The van der Waals surface area contributed by atoms with Gasteiger partial charge in [0.15, 0.2) is 0 Å². The zero-order chi connectivity index (χ0) is 19.4. The fourth-order valence-corrected chi connectivity index (χ4v) is 3.38. The summed E-state index contributed by atoms with van der Waals surface area (Å²) < 4.78 is 0. The number of benzene rings is 2. The molecule has 2 amide bonds. The van der Waals surface area contributed by atoms with Gasteiger partial charge in [0, 0.05) is 30.3 Å². The molecule has 2 N–H and O–H groups in total. The lowest BCUT2D eigenvalue weighted by Crippen LogP contribution is -2.41. The Morgan fingerprint density at radius 2 is 1.70 bits per heavy atom. The van der Waals surface area contributed by atoms with Gasteiger partial charge in [0.05, 0.1) is 10.6 Å². The van der Waals surface area contributed by atoms with Crippen LogP contribution >= 0.6 is 11.6 Å². The number of carboxylic acid groups (broad SMARTS) is 1. The van der Waals surface area contributed by atoms with Crippen LogP contribution in [0.15, 0.2) is 48.5 Å². The first-order valence-corrected chi connectivity index (χ1v) is 9.01. The highest BCUT2D eigenvalue weighted by Crippen LogP contribution is 2.24. The van der Waals surface area contributed by atoms with Crippen molar-refractivity contribution in [3.05, 3.63) is 64.7 Å². The van der Waals surface area contributed by atoms with Crippen molar-refractivity contribution in [2.45, 2.75) is 12.8 Å². The number of rotatable bonds is 4. The number of carboxylic acids is 1. The van der Waals surface area contributed by atoms with Gasteiger partial charge in [-0.15, -0.1) is 0 Å². The van der Waals surface area contributed by atoms with Crippen molar-refractivity contribution in [1.29, 1.82) is 0 Å². The Morgan fingerprint density at radius 1 is 1.04 bits per heavy atom. The van der Waals surface area contributed by atoms with Gasteiger partial charge < -0.3 is 15.3 Å². The largest absolute Gasteiger partial charge is 0.478 e. The highest BCUT2D eigenvalue weighted by atomic mass is 35.5. The molecule has 0 aliphatic carbocycles. The summed E-state index contributed by atoms with van der Waals surface area (Å²) in [7, 11) is 0. The van der Waals surface area contributed by atoms with Gasteiger partial charge in [-0.1, -0.05) is 29.8 Å². The van der Waals surface area contributed by atoms with Crippen LogP contribution in [-0.4, -0.2) is 40.9 Å². The lowest BCUT2D eigenvalue weighted by molar-refractivity contribution is -0.121. The number of carbonyl (C=O) groups is 3.